The van der Waals surface area contributed by atoms with E-state index in [1.807, 2.05) is 36.4 Å². The lowest BCUT2D eigenvalue weighted by Gasteiger charge is -2.14. The topological polar surface area (TPSA) is 0 Å². The molecule has 0 radical (unpaired) electrons. The van der Waals surface area contributed by atoms with Gasteiger partial charge in [-0.3, -0.25) is 0 Å². The lowest BCUT2D eigenvalue weighted by Crippen LogP contribution is -2.04. The van der Waals surface area contributed by atoms with Crippen molar-refractivity contribution in [2.75, 3.05) is 5.88 Å². The smallest absolute Gasteiger partial charge is 0.0595 e. The van der Waals surface area contributed by atoms with Gasteiger partial charge in [0.1, 0.15) is 0 Å². The third-order valence-corrected chi connectivity index (χ3v) is 4.03. The van der Waals surface area contributed by atoms with Gasteiger partial charge in [0.05, 0.1) is 10.0 Å². The summed E-state index contributed by atoms with van der Waals surface area (Å²) in [5, 5.41) is 1.18. The average molecular weight is 300 g/mol. The molecule has 3 heteroatoms. The van der Waals surface area contributed by atoms with Crippen LogP contribution in [0, 0.1) is 0 Å². The Morgan fingerprint density at radius 2 is 1.61 bits per heavy atom. The van der Waals surface area contributed by atoms with Crippen molar-refractivity contribution in [2.45, 2.75) is 12.3 Å². The molecule has 0 heterocycles. The van der Waals surface area contributed by atoms with Gasteiger partial charge in [-0.25, -0.2) is 0 Å². The molecule has 0 spiro atoms. The summed E-state index contributed by atoms with van der Waals surface area (Å²) in [6.45, 7) is 0. The van der Waals surface area contributed by atoms with Gasteiger partial charge in [0.25, 0.3) is 0 Å². The SMILES string of the molecule is ClCC(Cc1ccc(Cl)c(Cl)c1)c1ccccc1. The minimum atomic E-state index is 0.296. The predicted molar refractivity (Wildman–Crippen MR) is 80.1 cm³/mol. The van der Waals surface area contributed by atoms with E-state index in [2.05, 4.69) is 12.1 Å². The van der Waals surface area contributed by atoms with Crippen LogP contribution in [0.3, 0.4) is 0 Å². The molecule has 2 aromatic carbocycles. The summed E-state index contributed by atoms with van der Waals surface area (Å²) >= 11 is 18.0. The van der Waals surface area contributed by atoms with Crippen LogP contribution in [0.4, 0.5) is 0 Å². The predicted octanol–water partition coefficient (Wildman–Crippen LogP) is 5.56. The Balaban J connectivity index is 2.18. The molecule has 0 saturated carbocycles. The Bertz CT molecular complexity index is 508. The molecule has 2 rings (SSSR count). The molecule has 0 aromatic heterocycles. The van der Waals surface area contributed by atoms with E-state index in [0.29, 0.717) is 21.8 Å². The number of rotatable bonds is 4. The Morgan fingerprint density at radius 3 is 2.22 bits per heavy atom. The van der Waals surface area contributed by atoms with Gasteiger partial charge >= 0.3 is 0 Å². The summed E-state index contributed by atoms with van der Waals surface area (Å²) in [4.78, 5) is 0. The zero-order valence-electron chi connectivity index (χ0n) is 9.74. The molecule has 0 aliphatic heterocycles. The minimum absolute atomic E-state index is 0.296. The fraction of sp³-hybridized carbons (Fsp3) is 0.200. The Kier molecular flexibility index (Phi) is 4.94. The molecular formula is C15H13Cl3. The fourth-order valence-corrected chi connectivity index (χ4v) is 2.55. The van der Waals surface area contributed by atoms with Crippen LogP contribution < -0.4 is 0 Å². The van der Waals surface area contributed by atoms with Crippen LogP contribution in [0.5, 0.6) is 0 Å². The Labute approximate surface area is 122 Å². The first-order valence-electron chi connectivity index (χ1n) is 5.75. The molecule has 1 unspecified atom stereocenters. The van der Waals surface area contributed by atoms with E-state index in [9.17, 15) is 0 Å². The van der Waals surface area contributed by atoms with E-state index in [4.69, 9.17) is 34.8 Å². The van der Waals surface area contributed by atoms with Crippen molar-refractivity contribution in [3.63, 3.8) is 0 Å². The second-order valence-corrected chi connectivity index (χ2v) is 5.34. The van der Waals surface area contributed by atoms with Crippen LogP contribution in [0.25, 0.3) is 0 Å². The standard InChI is InChI=1S/C15H13Cl3/c16-10-13(12-4-2-1-3-5-12)8-11-6-7-14(17)15(18)9-11/h1-7,9,13H,8,10H2. The highest BCUT2D eigenvalue weighted by Crippen LogP contribution is 2.27. The average Bonchev–Trinajstić information content (AvgIpc) is 2.41. The molecule has 0 amide bonds. The van der Waals surface area contributed by atoms with Crippen LogP contribution in [-0.4, -0.2) is 5.88 Å². The number of hydrogen-bond acceptors (Lipinski definition) is 0. The summed E-state index contributed by atoms with van der Waals surface area (Å²) in [6.07, 6.45) is 0.865. The number of hydrogen-bond donors (Lipinski definition) is 0. The van der Waals surface area contributed by atoms with E-state index in [1.54, 1.807) is 0 Å². The molecule has 0 N–H and O–H groups in total. The van der Waals surface area contributed by atoms with Crippen LogP contribution in [0.2, 0.25) is 10.0 Å². The number of alkyl halides is 1. The highest BCUT2D eigenvalue weighted by atomic mass is 35.5. The largest absolute Gasteiger partial charge is 0.126 e. The second kappa shape index (κ2) is 6.47. The molecule has 1 atom stereocenters. The summed E-state index contributed by atoms with van der Waals surface area (Å²) in [7, 11) is 0. The third kappa shape index (κ3) is 3.41. The molecule has 0 bridgehead atoms. The minimum Gasteiger partial charge on any atom is -0.126 e. The molecule has 0 aliphatic rings. The van der Waals surface area contributed by atoms with Crippen molar-refractivity contribution < 1.29 is 0 Å². The Hall–Kier alpha value is -0.690. The molecular weight excluding hydrogens is 287 g/mol. The first-order valence-corrected chi connectivity index (χ1v) is 7.04. The van der Waals surface area contributed by atoms with Crippen LogP contribution in [-0.2, 0) is 6.42 Å². The van der Waals surface area contributed by atoms with Gasteiger partial charge in [0, 0.05) is 11.8 Å². The number of benzene rings is 2. The zero-order valence-corrected chi connectivity index (χ0v) is 12.0. The molecule has 0 fully saturated rings. The maximum absolute atomic E-state index is 6.06. The maximum atomic E-state index is 6.06. The molecule has 0 nitrogen and oxygen atoms in total. The highest BCUT2D eigenvalue weighted by molar-refractivity contribution is 6.42. The van der Waals surface area contributed by atoms with Crippen molar-refractivity contribution in [1.82, 2.24) is 0 Å². The summed E-state index contributed by atoms with van der Waals surface area (Å²) in [5.74, 6) is 0.884. The van der Waals surface area contributed by atoms with Gasteiger partial charge in [-0.2, -0.15) is 0 Å². The summed E-state index contributed by atoms with van der Waals surface area (Å²) < 4.78 is 0. The molecule has 0 saturated heterocycles. The van der Waals surface area contributed by atoms with E-state index >= 15 is 0 Å². The van der Waals surface area contributed by atoms with Crippen molar-refractivity contribution in [3.05, 3.63) is 69.7 Å². The van der Waals surface area contributed by atoms with E-state index < -0.39 is 0 Å². The zero-order chi connectivity index (χ0) is 13.0. The van der Waals surface area contributed by atoms with Gasteiger partial charge in [0.2, 0.25) is 0 Å². The molecule has 94 valence electrons. The van der Waals surface area contributed by atoms with Gasteiger partial charge in [-0.05, 0) is 29.7 Å². The lowest BCUT2D eigenvalue weighted by molar-refractivity contribution is 0.766. The van der Waals surface area contributed by atoms with Crippen molar-refractivity contribution >= 4 is 34.8 Å². The second-order valence-electron chi connectivity index (χ2n) is 4.21. The Morgan fingerprint density at radius 1 is 0.889 bits per heavy atom. The normalized spacial score (nSPS) is 12.4. The molecule has 18 heavy (non-hydrogen) atoms. The summed E-state index contributed by atoms with van der Waals surface area (Å²) in [6, 6.07) is 16.0. The van der Waals surface area contributed by atoms with E-state index in [1.165, 1.54) is 5.56 Å². The lowest BCUT2D eigenvalue weighted by atomic mass is 9.94. The molecule has 0 aliphatic carbocycles. The summed E-state index contributed by atoms with van der Waals surface area (Å²) in [5.41, 5.74) is 2.40. The maximum Gasteiger partial charge on any atom is 0.0595 e. The molecule has 2 aromatic rings. The highest BCUT2D eigenvalue weighted by Gasteiger charge is 2.11. The van der Waals surface area contributed by atoms with Crippen LogP contribution >= 0.6 is 34.8 Å². The van der Waals surface area contributed by atoms with Crippen molar-refractivity contribution in [2.24, 2.45) is 0 Å². The van der Waals surface area contributed by atoms with Gasteiger partial charge < -0.3 is 0 Å². The quantitative estimate of drug-likeness (QED) is 0.648. The van der Waals surface area contributed by atoms with Crippen molar-refractivity contribution in [1.29, 1.82) is 0 Å². The van der Waals surface area contributed by atoms with Crippen LogP contribution in [0.1, 0.15) is 17.0 Å². The first-order chi connectivity index (χ1) is 8.70. The van der Waals surface area contributed by atoms with E-state index in [-0.39, 0.29) is 0 Å². The van der Waals surface area contributed by atoms with Gasteiger partial charge in [-0.1, -0.05) is 59.6 Å². The first kappa shape index (κ1) is 13.7. The monoisotopic (exact) mass is 298 g/mol. The fourth-order valence-electron chi connectivity index (χ4n) is 1.94. The van der Waals surface area contributed by atoms with Crippen molar-refractivity contribution in [3.8, 4) is 0 Å². The van der Waals surface area contributed by atoms with Crippen LogP contribution in [0.15, 0.2) is 48.5 Å². The number of halogens is 3. The van der Waals surface area contributed by atoms with Gasteiger partial charge in [-0.15, -0.1) is 11.6 Å². The van der Waals surface area contributed by atoms with Gasteiger partial charge in [0.15, 0.2) is 0 Å². The van der Waals surface area contributed by atoms with E-state index in [0.717, 1.165) is 12.0 Å². The third-order valence-electron chi connectivity index (χ3n) is 2.92.